The monoisotopic (exact) mass is 1380 g/mol. The van der Waals surface area contributed by atoms with Crippen molar-refractivity contribution in [3.05, 3.63) is 311 Å². The van der Waals surface area contributed by atoms with Gasteiger partial charge in [-0.3, -0.25) is 0 Å². The molecule has 0 unspecified atom stereocenters. The van der Waals surface area contributed by atoms with Crippen molar-refractivity contribution in [2.24, 2.45) is 10.8 Å². The zero-order valence-corrected chi connectivity index (χ0v) is 64.1. The highest BCUT2D eigenvalue weighted by atomic mass is 16.5. The van der Waals surface area contributed by atoms with Crippen LogP contribution in [0.3, 0.4) is 0 Å². The Bertz CT molecular complexity index is 3530. The molecule has 8 nitrogen and oxygen atoms in total. The van der Waals surface area contributed by atoms with Gasteiger partial charge in [-0.2, -0.15) is 0 Å². The molecule has 7 aromatic carbocycles. The zero-order valence-electron chi connectivity index (χ0n) is 64.1. The number of fused-ring (bicyclic) bond motifs is 1. The molecule has 0 spiro atoms. The number of allylic oxidation sites excluding steroid dienone is 6. The van der Waals surface area contributed by atoms with E-state index in [-0.39, 0.29) is 5.97 Å². The van der Waals surface area contributed by atoms with Gasteiger partial charge in [0.05, 0.1) is 39.6 Å². The fourth-order valence-electron chi connectivity index (χ4n) is 10.9. The number of carbonyl (C=O) groups excluding carboxylic acids is 2. The van der Waals surface area contributed by atoms with E-state index in [1.165, 1.54) is 140 Å². The molecule has 3 aliphatic rings. The van der Waals surface area contributed by atoms with Crippen molar-refractivity contribution in [2.75, 3.05) is 52.9 Å². The molecule has 1 aliphatic carbocycles. The van der Waals surface area contributed by atoms with Gasteiger partial charge in [0.25, 0.3) is 0 Å². The first-order chi connectivity index (χ1) is 49.3. The van der Waals surface area contributed by atoms with E-state index in [9.17, 15) is 9.59 Å². The maximum atomic E-state index is 11.1. The molecule has 7 aromatic rings. The number of hydrogen-bond donors (Lipinski definition) is 0. The molecule has 2 aliphatic heterocycles. The number of esters is 2. The largest absolute Gasteiger partial charge is 0.423 e. The lowest BCUT2D eigenvalue weighted by atomic mass is 9.84. The second-order valence-electron chi connectivity index (χ2n) is 27.7. The summed E-state index contributed by atoms with van der Waals surface area (Å²) in [6.45, 7) is 41.9. The molecule has 0 aromatic heterocycles. The highest BCUT2D eigenvalue weighted by Gasteiger charge is 2.37. The van der Waals surface area contributed by atoms with E-state index in [1.807, 2.05) is 62.4 Å². The quantitative estimate of drug-likeness (QED) is 0.0135. The smallest absolute Gasteiger partial charge is 0.338 e. The van der Waals surface area contributed by atoms with Crippen LogP contribution >= 0.6 is 0 Å². The normalized spacial score (nSPS) is 13.1. The molecule has 8 heteroatoms. The van der Waals surface area contributed by atoms with Gasteiger partial charge in [-0.1, -0.05) is 281 Å². The fraction of sp³-hybridized carbons (Fsp3) is 0.404. The summed E-state index contributed by atoms with van der Waals surface area (Å²) in [5.74, 6) is 0.284. The van der Waals surface area contributed by atoms with Crippen LogP contribution < -0.4 is 9.47 Å². The Kier molecular flexibility index (Phi) is 43.1. The summed E-state index contributed by atoms with van der Waals surface area (Å²) in [6.07, 6.45) is 34.9. The summed E-state index contributed by atoms with van der Waals surface area (Å²) < 4.78 is 32.1. The van der Waals surface area contributed by atoms with Crippen LogP contribution in [0.4, 0.5) is 0 Å². The van der Waals surface area contributed by atoms with E-state index in [0.717, 1.165) is 95.7 Å². The minimum atomic E-state index is -0.432. The van der Waals surface area contributed by atoms with E-state index in [1.54, 1.807) is 42.3 Å². The molecule has 10 rings (SSSR count). The van der Waals surface area contributed by atoms with Crippen molar-refractivity contribution in [3.8, 4) is 11.5 Å². The number of unbranched alkanes of at least 4 members (excludes halogenated alkanes) is 6. The Morgan fingerprint density at radius 2 is 0.814 bits per heavy atom. The topological polar surface area (TPSA) is 89.5 Å². The number of ether oxygens (including phenoxy) is 6. The average Bonchev–Trinajstić information content (AvgIpc) is 0.841. The molecule has 0 radical (unpaired) electrons. The van der Waals surface area contributed by atoms with Gasteiger partial charge in [0, 0.05) is 35.7 Å². The Morgan fingerprint density at radius 1 is 0.431 bits per heavy atom. The number of aryl methyl sites for hydroxylation is 13. The molecule has 102 heavy (non-hydrogen) atoms. The third-order valence-corrected chi connectivity index (χ3v) is 18.1. The molecule has 548 valence electrons. The van der Waals surface area contributed by atoms with Crippen molar-refractivity contribution < 1.29 is 38.0 Å². The van der Waals surface area contributed by atoms with Crippen molar-refractivity contribution in [2.45, 2.75) is 185 Å². The lowest BCUT2D eigenvalue weighted by Gasteiger charge is -2.40. The average molecular weight is 1380 g/mol. The van der Waals surface area contributed by atoms with Crippen LogP contribution in [0.15, 0.2) is 238 Å². The summed E-state index contributed by atoms with van der Waals surface area (Å²) in [7, 11) is 0. The standard InChI is InChI=1S/2C19H30O2.2C13H16.C11H12O2.C10H10O2.C9H10/c1-3-19(15-21-16-19)14-20-12-7-5-4-6-10-18-11-8-9-17(2)13-18;1-3-19(15-21-16-19)14-20-13-7-5-4-6-8-18-11-9-17(2)10-12-18;1-3-4-5-6-9-13-10-7-8-12(2)11-13;1-3-4-5-6-7-13-10-8-12(2)9-11-13;1-8(2)11(12)13-10-6-4-9(3)5-7-10;1-3-10(11)12-9-6-4-8(2)5-7-9;1-7-2-3-8-4-5-9(8)6-7/h8-9,11,13H,3-7,10,12,14-16H2,1-2H3;9-12H,3-8,13-16H2,1-2H3;3-5,7-8,10-11H,1,6,9H2,2H3;3-5,8-11H,1,6-7H2,2H3;4-7H,1H2,2-3H3;3-7H,1H2,2H3;2-3,6H,4-5H2,1H3/b;;2*5-4+;;;. The highest BCUT2D eigenvalue weighted by molar-refractivity contribution is 5.88. The first-order valence-corrected chi connectivity index (χ1v) is 37.3. The minimum Gasteiger partial charge on any atom is -0.423 e. The lowest BCUT2D eigenvalue weighted by molar-refractivity contribution is -0.150. The summed E-state index contributed by atoms with van der Waals surface area (Å²) in [4.78, 5) is 21.8. The van der Waals surface area contributed by atoms with E-state index in [0.29, 0.717) is 27.9 Å². The van der Waals surface area contributed by atoms with Crippen LogP contribution in [0.2, 0.25) is 0 Å². The van der Waals surface area contributed by atoms with E-state index >= 15 is 0 Å². The first-order valence-electron chi connectivity index (χ1n) is 37.3. The summed E-state index contributed by atoms with van der Waals surface area (Å²) in [5.41, 5.74) is 19.0. The molecular formula is C94H124O8. The summed E-state index contributed by atoms with van der Waals surface area (Å²) in [5, 5.41) is 0. The van der Waals surface area contributed by atoms with Gasteiger partial charge in [-0.05, 0) is 203 Å². The SMILES string of the molecule is C=C(C)C(=O)Oc1ccc(C)cc1.C=C/C=C/CCc1ccc(C)cc1.C=C/C=C/CCc1cccc(C)c1.C=CC(=O)Oc1ccc(C)cc1.CCC1(COCCCCCCc2ccc(C)cc2)COC1.CCC1(COCCCCCCc2cccc(C)c2)COC1.Cc1ccc2c(c1)CC2. The second kappa shape index (κ2) is 51.0. The third kappa shape index (κ3) is 37.6. The number of benzene rings is 7. The predicted molar refractivity (Wildman–Crippen MR) is 430 cm³/mol. The predicted octanol–water partition coefficient (Wildman–Crippen LogP) is 23.1. The molecule has 0 amide bonds. The van der Waals surface area contributed by atoms with Gasteiger partial charge in [0.2, 0.25) is 0 Å². The number of hydrogen-bond acceptors (Lipinski definition) is 8. The number of rotatable bonds is 32. The minimum absolute atomic E-state index is 0.338. The molecular weight excluding hydrogens is 1260 g/mol. The molecule has 2 heterocycles. The van der Waals surface area contributed by atoms with Crippen molar-refractivity contribution in [1.29, 1.82) is 0 Å². The first kappa shape index (κ1) is 86.2. The zero-order chi connectivity index (χ0) is 74.1. The van der Waals surface area contributed by atoms with Crippen LogP contribution in [0.5, 0.6) is 11.5 Å². The third-order valence-electron chi connectivity index (χ3n) is 18.1. The van der Waals surface area contributed by atoms with Crippen molar-refractivity contribution >= 4 is 11.9 Å². The van der Waals surface area contributed by atoms with E-state index in [2.05, 4.69) is 202 Å². The summed E-state index contributed by atoms with van der Waals surface area (Å²) >= 11 is 0. The van der Waals surface area contributed by atoms with Crippen molar-refractivity contribution in [3.63, 3.8) is 0 Å². The van der Waals surface area contributed by atoms with Crippen LogP contribution in [0, 0.1) is 59.3 Å². The van der Waals surface area contributed by atoms with E-state index < -0.39 is 5.97 Å². The van der Waals surface area contributed by atoms with Crippen LogP contribution in [0.25, 0.3) is 0 Å². The summed E-state index contributed by atoms with van der Waals surface area (Å²) in [6, 6.07) is 56.4. The maximum Gasteiger partial charge on any atom is 0.338 e. The molecule has 2 saturated heterocycles. The number of carbonyl (C=O) groups is 2. The van der Waals surface area contributed by atoms with Gasteiger partial charge < -0.3 is 28.4 Å². The van der Waals surface area contributed by atoms with Crippen LogP contribution in [0.1, 0.15) is 170 Å². The Hall–Kier alpha value is -8.24. The second-order valence-corrected chi connectivity index (χ2v) is 27.7. The highest BCUT2D eigenvalue weighted by Crippen LogP contribution is 2.32. The molecule has 0 atom stereocenters. The lowest BCUT2D eigenvalue weighted by Crippen LogP contribution is -2.45. The van der Waals surface area contributed by atoms with E-state index in [4.69, 9.17) is 28.4 Å². The molecule has 0 saturated carbocycles. The van der Waals surface area contributed by atoms with Gasteiger partial charge in [-0.25, -0.2) is 9.59 Å². The fourth-order valence-corrected chi connectivity index (χ4v) is 10.9. The maximum absolute atomic E-state index is 11.1. The molecule has 2 fully saturated rings. The van der Waals surface area contributed by atoms with Crippen molar-refractivity contribution in [1.82, 2.24) is 0 Å². The Balaban J connectivity index is 0.000000257. The van der Waals surface area contributed by atoms with Gasteiger partial charge >= 0.3 is 11.9 Å². The van der Waals surface area contributed by atoms with Crippen LogP contribution in [-0.2, 0) is 67.1 Å². The van der Waals surface area contributed by atoms with Gasteiger partial charge in [-0.15, -0.1) is 0 Å². The Labute approximate surface area is 617 Å². The van der Waals surface area contributed by atoms with Gasteiger partial charge in [0.1, 0.15) is 11.5 Å². The van der Waals surface area contributed by atoms with Crippen LogP contribution in [-0.4, -0.2) is 64.8 Å². The molecule has 0 N–H and O–H groups in total. The Morgan fingerprint density at radius 3 is 1.19 bits per heavy atom. The molecule has 0 bridgehead atoms. The van der Waals surface area contributed by atoms with Gasteiger partial charge in [0.15, 0.2) is 0 Å².